The van der Waals surface area contributed by atoms with Crippen molar-refractivity contribution in [3.8, 4) is 11.3 Å². The molecule has 2 heterocycles. The molecule has 0 bridgehead atoms. The molecular weight excluding hydrogens is 266 g/mol. The van der Waals surface area contributed by atoms with Crippen LogP contribution in [0, 0.1) is 0 Å². The van der Waals surface area contributed by atoms with Crippen molar-refractivity contribution in [3.63, 3.8) is 0 Å². The average Bonchev–Trinajstić information content (AvgIpc) is 2.67. The van der Waals surface area contributed by atoms with Crippen molar-refractivity contribution in [2.75, 3.05) is 23.7 Å². The molecule has 0 unspecified atom stereocenters. The molecule has 1 aromatic heterocycles. The summed E-state index contributed by atoms with van der Waals surface area (Å²) in [5, 5.41) is 8.97. The fraction of sp³-hybridized carbons (Fsp3) is 0.375. The molecule has 0 aliphatic carbocycles. The fourth-order valence-corrected chi connectivity index (χ4v) is 3.63. The number of thioether (sulfide) groups is 1. The Morgan fingerprint density at radius 1 is 1.15 bits per heavy atom. The van der Waals surface area contributed by atoms with Gasteiger partial charge >= 0.3 is 0 Å². The Balaban J connectivity index is 2.07. The smallest absolute Gasteiger partial charge is 0.151 e. The van der Waals surface area contributed by atoms with Gasteiger partial charge in [-0.3, -0.25) is 0 Å². The van der Waals surface area contributed by atoms with E-state index in [1.807, 2.05) is 11.8 Å². The molecule has 1 aromatic carbocycles. The maximum atomic E-state index is 4.53. The lowest BCUT2D eigenvalue weighted by Crippen LogP contribution is -2.23. The molecule has 0 fully saturated rings. The van der Waals surface area contributed by atoms with Crippen LogP contribution in [0.5, 0.6) is 0 Å². The molecule has 3 rings (SSSR count). The molecule has 2 aromatic rings. The number of aromatic nitrogens is 2. The number of fused-ring (bicyclic) bond motifs is 3. The highest BCUT2D eigenvalue weighted by Gasteiger charge is 2.18. The van der Waals surface area contributed by atoms with Gasteiger partial charge in [0, 0.05) is 29.3 Å². The number of benzene rings is 1. The van der Waals surface area contributed by atoms with Gasteiger partial charge in [0.2, 0.25) is 0 Å². The van der Waals surface area contributed by atoms with Gasteiger partial charge in [-0.25, -0.2) is 0 Å². The first-order chi connectivity index (χ1) is 9.83. The van der Waals surface area contributed by atoms with Crippen LogP contribution >= 0.6 is 11.8 Å². The zero-order chi connectivity index (χ0) is 13.9. The number of anilines is 1. The predicted molar refractivity (Wildman–Crippen MR) is 85.5 cm³/mol. The van der Waals surface area contributed by atoms with E-state index in [0.29, 0.717) is 0 Å². The first kappa shape index (κ1) is 13.4. The first-order valence-electron chi connectivity index (χ1n) is 7.17. The molecule has 0 amide bonds. The lowest BCUT2D eigenvalue weighted by atomic mass is 10.0. The van der Waals surface area contributed by atoms with Crippen molar-refractivity contribution in [2.24, 2.45) is 0 Å². The van der Waals surface area contributed by atoms with E-state index < -0.39 is 0 Å². The summed E-state index contributed by atoms with van der Waals surface area (Å²) in [5.74, 6) is 2.10. The quantitative estimate of drug-likeness (QED) is 0.861. The van der Waals surface area contributed by atoms with Crippen LogP contribution in [-0.4, -0.2) is 29.0 Å². The van der Waals surface area contributed by atoms with Crippen molar-refractivity contribution in [1.29, 1.82) is 0 Å². The predicted octanol–water partition coefficient (Wildman–Crippen LogP) is 3.64. The van der Waals surface area contributed by atoms with Crippen molar-refractivity contribution < 1.29 is 0 Å². The second-order valence-electron chi connectivity index (χ2n) is 4.84. The minimum absolute atomic E-state index is 0.968. The molecule has 4 heteroatoms. The Morgan fingerprint density at radius 3 is 2.75 bits per heavy atom. The van der Waals surface area contributed by atoms with Gasteiger partial charge in [0.15, 0.2) is 5.82 Å². The third-order valence-corrected chi connectivity index (χ3v) is 4.79. The van der Waals surface area contributed by atoms with Crippen LogP contribution in [0.25, 0.3) is 11.3 Å². The van der Waals surface area contributed by atoms with Gasteiger partial charge in [-0.05, 0) is 38.0 Å². The second-order valence-corrected chi connectivity index (χ2v) is 5.98. The van der Waals surface area contributed by atoms with Crippen LogP contribution in [0.3, 0.4) is 0 Å². The Labute approximate surface area is 124 Å². The second kappa shape index (κ2) is 5.83. The number of nitrogens with zero attached hydrogens (tertiary/aromatic N) is 3. The summed E-state index contributed by atoms with van der Waals surface area (Å²) in [4.78, 5) is 3.56. The molecule has 0 saturated carbocycles. The standard InChI is InChI=1S/C16H19N3S/c1-3-19(4-2)15-11-12-9-10-20-14-8-6-5-7-13(14)16(12)18-17-15/h5-8,11H,3-4,9-10H2,1-2H3. The van der Waals surface area contributed by atoms with Crippen molar-refractivity contribution in [3.05, 3.63) is 35.9 Å². The summed E-state index contributed by atoms with van der Waals surface area (Å²) < 4.78 is 0. The van der Waals surface area contributed by atoms with E-state index >= 15 is 0 Å². The molecule has 20 heavy (non-hydrogen) atoms. The SMILES string of the molecule is CCN(CC)c1cc2c(nn1)-c1ccccc1SCC2. The van der Waals surface area contributed by atoms with E-state index in [1.54, 1.807) is 0 Å². The van der Waals surface area contributed by atoms with Gasteiger partial charge in [0.25, 0.3) is 0 Å². The summed E-state index contributed by atoms with van der Waals surface area (Å²) in [6, 6.07) is 10.7. The maximum absolute atomic E-state index is 4.53. The molecule has 0 N–H and O–H groups in total. The normalized spacial score (nSPS) is 13.3. The Bertz CT molecular complexity index is 608. The summed E-state index contributed by atoms with van der Waals surface area (Å²) >= 11 is 1.91. The highest BCUT2D eigenvalue weighted by molar-refractivity contribution is 7.99. The summed E-state index contributed by atoms with van der Waals surface area (Å²) in [7, 11) is 0. The minimum atomic E-state index is 0.968. The molecule has 0 spiro atoms. The van der Waals surface area contributed by atoms with Crippen LogP contribution < -0.4 is 4.90 Å². The van der Waals surface area contributed by atoms with Crippen molar-refractivity contribution >= 4 is 17.6 Å². The third-order valence-electron chi connectivity index (χ3n) is 3.72. The van der Waals surface area contributed by atoms with Crippen LogP contribution in [0.4, 0.5) is 5.82 Å². The topological polar surface area (TPSA) is 29.0 Å². The van der Waals surface area contributed by atoms with Gasteiger partial charge < -0.3 is 4.90 Å². The molecule has 1 aliphatic rings. The Kier molecular flexibility index (Phi) is 3.92. The average molecular weight is 285 g/mol. The summed E-state index contributed by atoms with van der Waals surface area (Å²) in [6.07, 6.45) is 1.05. The van der Waals surface area contributed by atoms with Gasteiger partial charge in [0.1, 0.15) is 0 Å². The maximum Gasteiger partial charge on any atom is 0.151 e. The minimum Gasteiger partial charge on any atom is -0.356 e. The van der Waals surface area contributed by atoms with Gasteiger partial charge in [-0.15, -0.1) is 22.0 Å². The van der Waals surface area contributed by atoms with E-state index in [1.165, 1.54) is 16.0 Å². The van der Waals surface area contributed by atoms with E-state index in [2.05, 4.69) is 59.3 Å². The van der Waals surface area contributed by atoms with Crippen molar-refractivity contribution in [1.82, 2.24) is 10.2 Å². The lowest BCUT2D eigenvalue weighted by Gasteiger charge is -2.20. The highest BCUT2D eigenvalue weighted by Crippen LogP contribution is 2.36. The largest absolute Gasteiger partial charge is 0.356 e. The molecule has 3 nitrogen and oxygen atoms in total. The number of hydrogen-bond acceptors (Lipinski definition) is 4. The number of hydrogen-bond donors (Lipinski definition) is 0. The highest BCUT2D eigenvalue weighted by atomic mass is 32.2. The molecule has 0 radical (unpaired) electrons. The fourth-order valence-electron chi connectivity index (χ4n) is 2.60. The third kappa shape index (κ3) is 2.40. The van der Waals surface area contributed by atoms with Crippen molar-refractivity contribution in [2.45, 2.75) is 25.2 Å². The summed E-state index contributed by atoms with van der Waals surface area (Å²) in [5.41, 5.74) is 3.60. The number of rotatable bonds is 3. The van der Waals surface area contributed by atoms with E-state index in [0.717, 1.165) is 36.8 Å². The van der Waals surface area contributed by atoms with Crippen LogP contribution in [0.2, 0.25) is 0 Å². The zero-order valence-electron chi connectivity index (χ0n) is 12.0. The molecule has 0 atom stereocenters. The molecule has 0 saturated heterocycles. The lowest BCUT2D eigenvalue weighted by molar-refractivity contribution is 0.821. The molecular formula is C16H19N3S. The van der Waals surface area contributed by atoms with Gasteiger partial charge in [0.05, 0.1) is 5.69 Å². The molecule has 104 valence electrons. The van der Waals surface area contributed by atoms with Gasteiger partial charge in [-0.2, -0.15) is 0 Å². The van der Waals surface area contributed by atoms with Crippen LogP contribution in [0.1, 0.15) is 19.4 Å². The zero-order valence-corrected chi connectivity index (χ0v) is 12.8. The first-order valence-corrected chi connectivity index (χ1v) is 8.15. The van der Waals surface area contributed by atoms with Crippen LogP contribution in [0.15, 0.2) is 35.2 Å². The number of aryl methyl sites for hydroxylation is 1. The van der Waals surface area contributed by atoms with Gasteiger partial charge in [-0.1, -0.05) is 18.2 Å². The van der Waals surface area contributed by atoms with E-state index in [-0.39, 0.29) is 0 Å². The summed E-state index contributed by atoms with van der Waals surface area (Å²) in [6.45, 7) is 6.24. The monoisotopic (exact) mass is 285 g/mol. The Morgan fingerprint density at radius 2 is 1.95 bits per heavy atom. The van der Waals surface area contributed by atoms with E-state index in [9.17, 15) is 0 Å². The Hall–Kier alpha value is -1.55. The molecule has 1 aliphatic heterocycles. The van der Waals surface area contributed by atoms with E-state index in [4.69, 9.17) is 0 Å². The van der Waals surface area contributed by atoms with Crippen LogP contribution in [-0.2, 0) is 6.42 Å².